The van der Waals surface area contributed by atoms with Gasteiger partial charge in [-0.3, -0.25) is 14.3 Å². The molecule has 18 nitrogen and oxygen atoms in total. The lowest BCUT2D eigenvalue weighted by Gasteiger charge is -2.28. The summed E-state index contributed by atoms with van der Waals surface area (Å²) in [6.45, 7) is 8.04. The van der Waals surface area contributed by atoms with E-state index in [0.717, 1.165) is 37.8 Å². The molecule has 1 aliphatic rings. The molecule has 0 unspecified atom stereocenters. The third-order valence-corrected chi connectivity index (χ3v) is 9.88. The minimum atomic E-state index is -0.876. The summed E-state index contributed by atoms with van der Waals surface area (Å²) < 4.78 is 75.6. The Morgan fingerprint density at radius 2 is 1.47 bits per heavy atom. The zero-order valence-corrected chi connectivity index (χ0v) is 34.6. The van der Waals surface area contributed by atoms with Crippen molar-refractivity contribution < 1.29 is 56.3 Å². The molecule has 60 heavy (non-hydrogen) atoms. The van der Waals surface area contributed by atoms with Crippen LogP contribution < -0.4 is 11.1 Å². The Morgan fingerprint density at radius 1 is 0.833 bits per heavy atom. The second-order valence-electron chi connectivity index (χ2n) is 13.3. The van der Waals surface area contributed by atoms with Gasteiger partial charge in [-0.25, -0.2) is 19.0 Å². The number of amides is 1. The number of ether oxygens (including phenoxy) is 8. The maximum atomic E-state index is 14.9. The fraction of sp³-hybridized carbons (Fsp3) is 0.590. The standard InChI is InChI=1S/C39H54F2N8O10S/c1-2-58-30-5-3-29(4-6-30)49-25-32(37(47-49)36-31(40)7-8-34(41)46-36)44-38(51)33-26-60-39(45-33)28-23-43-48(24-28)27-59-35(50)9-11-52-13-15-54-17-19-56-21-22-57-20-18-55-16-14-53-12-10-42/h7-8,23-26,29-30H,2-6,9-22,27,42H2,1H3,(H,44,51)/t29-,30-. The van der Waals surface area contributed by atoms with Crippen LogP contribution in [0.3, 0.4) is 0 Å². The number of hydrogen-bond donors (Lipinski definition) is 2. The Morgan fingerprint density at radius 3 is 2.10 bits per heavy atom. The smallest absolute Gasteiger partial charge is 0.309 e. The summed E-state index contributed by atoms with van der Waals surface area (Å²) in [5, 5.41) is 13.6. The largest absolute Gasteiger partial charge is 0.442 e. The van der Waals surface area contributed by atoms with E-state index in [9.17, 15) is 18.4 Å². The molecule has 1 saturated carbocycles. The molecule has 0 aromatic carbocycles. The number of carbonyl (C=O) groups excluding carboxylic acids is 2. The predicted molar refractivity (Wildman–Crippen MR) is 214 cm³/mol. The number of nitrogens with one attached hydrogen (secondary N) is 1. The van der Waals surface area contributed by atoms with Gasteiger partial charge < -0.3 is 48.9 Å². The first-order valence-corrected chi connectivity index (χ1v) is 20.9. The normalized spacial score (nSPS) is 15.4. The van der Waals surface area contributed by atoms with Gasteiger partial charge in [0.25, 0.3) is 5.91 Å². The number of hydrogen-bond acceptors (Lipinski definition) is 16. The lowest BCUT2D eigenvalue weighted by atomic mass is 9.93. The summed E-state index contributed by atoms with van der Waals surface area (Å²) in [4.78, 5) is 33.9. The Kier molecular flexibility index (Phi) is 20.3. The predicted octanol–water partition coefficient (Wildman–Crippen LogP) is 4.26. The van der Waals surface area contributed by atoms with Crippen LogP contribution in [-0.2, 0) is 49.4 Å². The van der Waals surface area contributed by atoms with Crippen molar-refractivity contribution in [2.24, 2.45) is 5.73 Å². The molecule has 21 heteroatoms. The minimum absolute atomic E-state index is 0.00903. The molecular weight excluding hydrogens is 811 g/mol. The molecule has 1 fully saturated rings. The molecule has 0 spiro atoms. The van der Waals surface area contributed by atoms with Crippen molar-refractivity contribution in [2.75, 3.05) is 97.8 Å². The molecule has 0 saturated heterocycles. The number of pyridine rings is 1. The van der Waals surface area contributed by atoms with Gasteiger partial charge in [0.05, 0.1) is 110 Å². The van der Waals surface area contributed by atoms with Gasteiger partial charge >= 0.3 is 5.97 Å². The van der Waals surface area contributed by atoms with Crippen LogP contribution in [0.5, 0.6) is 0 Å². The van der Waals surface area contributed by atoms with Crippen LogP contribution in [0.15, 0.2) is 36.1 Å². The third kappa shape index (κ3) is 15.6. The van der Waals surface area contributed by atoms with Crippen molar-refractivity contribution in [1.82, 2.24) is 29.5 Å². The number of rotatable bonds is 29. The fourth-order valence-corrected chi connectivity index (χ4v) is 6.81. The summed E-state index contributed by atoms with van der Waals surface area (Å²) in [7, 11) is 0. The van der Waals surface area contributed by atoms with E-state index in [2.05, 4.69) is 25.5 Å². The van der Waals surface area contributed by atoms with Crippen molar-refractivity contribution in [3.8, 4) is 22.0 Å². The lowest BCUT2D eigenvalue weighted by Crippen LogP contribution is -2.24. The van der Waals surface area contributed by atoms with E-state index in [4.69, 9.17) is 43.6 Å². The van der Waals surface area contributed by atoms with E-state index in [1.165, 1.54) is 22.2 Å². The first-order valence-electron chi connectivity index (χ1n) is 20.0. The molecule has 5 rings (SSSR count). The van der Waals surface area contributed by atoms with Gasteiger partial charge in [-0.15, -0.1) is 11.3 Å². The van der Waals surface area contributed by atoms with Gasteiger partial charge in [0.2, 0.25) is 5.95 Å². The van der Waals surface area contributed by atoms with Crippen LogP contribution in [0, 0.1) is 11.8 Å². The quantitative estimate of drug-likeness (QED) is 0.0444. The SMILES string of the molecule is CCO[C@H]1CC[C@H](n2cc(NC(=O)c3csc(-c4cnn(COC(=O)CCOCCOCCOCCOCCOCCOCCN)c4)n3)c(-c3nc(F)ccc3F)n2)CC1. The monoisotopic (exact) mass is 864 g/mol. The van der Waals surface area contributed by atoms with E-state index < -0.39 is 23.6 Å². The topological polar surface area (TPSA) is 207 Å². The van der Waals surface area contributed by atoms with Gasteiger partial charge in [0, 0.05) is 36.5 Å². The molecule has 4 heterocycles. The molecule has 0 aliphatic heterocycles. The highest BCUT2D eigenvalue weighted by molar-refractivity contribution is 7.13. The summed E-state index contributed by atoms with van der Waals surface area (Å²) in [6, 6.07) is 1.87. The van der Waals surface area contributed by atoms with Crippen LogP contribution in [0.4, 0.5) is 14.5 Å². The van der Waals surface area contributed by atoms with E-state index in [-0.39, 0.29) is 54.7 Å². The zero-order valence-electron chi connectivity index (χ0n) is 33.8. The Bertz CT molecular complexity index is 1870. The van der Waals surface area contributed by atoms with Crippen LogP contribution >= 0.6 is 11.3 Å². The van der Waals surface area contributed by atoms with Crippen molar-refractivity contribution in [2.45, 2.75) is 57.9 Å². The molecule has 0 atom stereocenters. The number of halogens is 2. The first-order chi connectivity index (χ1) is 29.3. The number of esters is 1. The highest BCUT2D eigenvalue weighted by Crippen LogP contribution is 2.35. The number of anilines is 1. The van der Waals surface area contributed by atoms with Crippen molar-refractivity contribution in [1.29, 1.82) is 0 Å². The number of nitrogens with two attached hydrogens (primary N) is 1. The average Bonchev–Trinajstić information content (AvgIpc) is 4.03. The molecule has 3 N–H and O–H groups in total. The molecule has 330 valence electrons. The first kappa shape index (κ1) is 46.7. The molecule has 0 radical (unpaired) electrons. The molecule has 4 aromatic heterocycles. The number of nitrogens with zero attached hydrogens (tertiary/aromatic N) is 6. The molecule has 1 aliphatic carbocycles. The zero-order chi connectivity index (χ0) is 42.4. The van der Waals surface area contributed by atoms with Crippen molar-refractivity contribution in [3.05, 3.63) is 53.6 Å². The highest BCUT2D eigenvalue weighted by atomic mass is 32.1. The summed E-state index contributed by atoms with van der Waals surface area (Å²) >= 11 is 1.21. The van der Waals surface area contributed by atoms with E-state index >= 15 is 0 Å². The second-order valence-corrected chi connectivity index (χ2v) is 14.2. The van der Waals surface area contributed by atoms with Gasteiger partial charge in [-0.05, 0) is 44.7 Å². The van der Waals surface area contributed by atoms with Crippen LogP contribution in [0.2, 0.25) is 0 Å². The molecule has 0 bridgehead atoms. The summed E-state index contributed by atoms with van der Waals surface area (Å²) in [5.74, 6) is -2.69. The van der Waals surface area contributed by atoms with Gasteiger partial charge in [0.1, 0.15) is 22.1 Å². The number of aromatic nitrogens is 6. The number of carbonyl (C=O) groups is 2. The third-order valence-electron chi connectivity index (χ3n) is 8.98. The van der Waals surface area contributed by atoms with Crippen LogP contribution in [-0.4, -0.2) is 140 Å². The van der Waals surface area contributed by atoms with Crippen molar-refractivity contribution in [3.63, 3.8) is 0 Å². The minimum Gasteiger partial charge on any atom is -0.442 e. The van der Waals surface area contributed by atoms with Gasteiger partial charge in [-0.2, -0.15) is 14.6 Å². The Balaban J connectivity index is 0.973. The highest BCUT2D eigenvalue weighted by Gasteiger charge is 2.27. The Labute approximate surface area is 350 Å². The summed E-state index contributed by atoms with van der Waals surface area (Å²) in [5.41, 5.74) is 5.90. The average molecular weight is 865 g/mol. The van der Waals surface area contributed by atoms with E-state index in [1.807, 2.05) is 6.92 Å². The Hall–Kier alpha value is -4.32. The van der Waals surface area contributed by atoms with Crippen LogP contribution in [0.1, 0.15) is 55.6 Å². The molecule has 4 aromatic rings. The lowest BCUT2D eigenvalue weighted by molar-refractivity contribution is -0.149. The summed E-state index contributed by atoms with van der Waals surface area (Å²) in [6.07, 6.45) is 8.21. The van der Waals surface area contributed by atoms with Crippen molar-refractivity contribution >= 4 is 28.9 Å². The number of thiazole rings is 1. The van der Waals surface area contributed by atoms with E-state index in [1.54, 1.807) is 22.5 Å². The van der Waals surface area contributed by atoms with E-state index in [0.29, 0.717) is 96.4 Å². The fourth-order valence-electron chi connectivity index (χ4n) is 6.03. The van der Waals surface area contributed by atoms with Gasteiger partial charge in [0.15, 0.2) is 12.5 Å². The molecule has 1 amide bonds. The van der Waals surface area contributed by atoms with Crippen LogP contribution in [0.25, 0.3) is 22.0 Å². The maximum absolute atomic E-state index is 14.9. The second kappa shape index (κ2) is 26.1. The maximum Gasteiger partial charge on any atom is 0.309 e. The van der Waals surface area contributed by atoms with Gasteiger partial charge in [-0.1, -0.05) is 0 Å². The molecular formula is C39H54F2N8O10S.